The lowest BCUT2D eigenvalue weighted by atomic mass is 9.91. The Bertz CT molecular complexity index is 1310. The number of ether oxygens (including phenoxy) is 2. The molecule has 0 saturated carbocycles. The molecule has 0 radical (unpaired) electrons. The molecule has 0 spiro atoms. The van der Waals surface area contributed by atoms with Gasteiger partial charge >= 0.3 is 0 Å². The highest BCUT2D eigenvalue weighted by Gasteiger charge is 2.45. The summed E-state index contributed by atoms with van der Waals surface area (Å²) in [5, 5.41) is 1.01. The summed E-state index contributed by atoms with van der Waals surface area (Å²) in [6.07, 6.45) is -0.232. The molecule has 2 heterocycles. The van der Waals surface area contributed by atoms with E-state index < -0.39 is 35.6 Å². The second kappa shape index (κ2) is 10.1. The third-order valence-electron chi connectivity index (χ3n) is 6.38. The smallest absolute Gasteiger partial charge is 0.259 e. The van der Waals surface area contributed by atoms with Crippen LogP contribution in [0, 0.1) is 0 Å². The molecular formula is C28H25N3O6. The number of hydrazine groups is 1. The Hall–Kier alpha value is -4.66. The largest absolute Gasteiger partial charge is 0.454 e. The molecule has 0 bridgehead atoms. The topological polar surface area (TPSA) is 105 Å². The first-order valence-corrected chi connectivity index (χ1v) is 12.0. The van der Waals surface area contributed by atoms with Crippen LogP contribution in [0.25, 0.3) is 0 Å². The van der Waals surface area contributed by atoms with Crippen LogP contribution in [-0.2, 0) is 19.2 Å². The van der Waals surface area contributed by atoms with Crippen LogP contribution in [-0.4, -0.2) is 41.5 Å². The minimum Gasteiger partial charge on any atom is -0.454 e. The number of fused-ring (bicyclic) bond motifs is 1. The van der Waals surface area contributed by atoms with Crippen molar-refractivity contribution < 1.29 is 28.7 Å². The van der Waals surface area contributed by atoms with Gasteiger partial charge in [-0.25, -0.2) is 9.91 Å². The van der Waals surface area contributed by atoms with Gasteiger partial charge < -0.3 is 9.47 Å². The Kier molecular flexibility index (Phi) is 6.59. The van der Waals surface area contributed by atoms with Crippen LogP contribution in [0.3, 0.4) is 0 Å². The van der Waals surface area contributed by atoms with E-state index in [4.69, 9.17) is 9.47 Å². The van der Waals surface area contributed by atoms with Gasteiger partial charge in [0, 0.05) is 12.5 Å². The molecule has 1 unspecified atom stereocenters. The zero-order valence-electron chi connectivity index (χ0n) is 20.1. The van der Waals surface area contributed by atoms with Gasteiger partial charge in [-0.2, -0.15) is 0 Å². The van der Waals surface area contributed by atoms with Crippen molar-refractivity contribution in [2.24, 2.45) is 0 Å². The molecule has 4 amide bonds. The van der Waals surface area contributed by atoms with E-state index in [0.717, 1.165) is 21.0 Å². The van der Waals surface area contributed by atoms with Crippen molar-refractivity contribution in [3.8, 4) is 11.5 Å². The number of anilines is 1. The summed E-state index contributed by atoms with van der Waals surface area (Å²) in [7, 11) is 0. The molecule has 0 aliphatic carbocycles. The van der Waals surface area contributed by atoms with E-state index in [-0.39, 0.29) is 19.6 Å². The van der Waals surface area contributed by atoms with Crippen molar-refractivity contribution in [1.82, 2.24) is 10.4 Å². The van der Waals surface area contributed by atoms with Crippen molar-refractivity contribution in [2.75, 3.05) is 11.7 Å². The van der Waals surface area contributed by atoms with Crippen LogP contribution in [0.2, 0.25) is 0 Å². The van der Waals surface area contributed by atoms with Crippen molar-refractivity contribution >= 4 is 29.3 Å². The fourth-order valence-electron chi connectivity index (χ4n) is 4.57. The van der Waals surface area contributed by atoms with Gasteiger partial charge in [0.15, 0.2) is 11.5 Å². The third-order valence-corrected chi connectivity index (χ3v) is 6.38. The van der Waals surface area contributed by atoms with Gasteiger partial charge in [-0.15, -0.1) is 0 Å². The molecule has 5 rings (SSSR count). The second-order valence-corrected chi connectivity index (χ2v) is 8.67. The van der Waals surface area contributed by atoms with Gasteiger partial charge in [0.2, 0.25) is 18.6 Å². The second-order valence-electron chi connectivity index (χ2n) is 8.67. The molecule has 188 valence electrons. The van der Waals surface area contributed by atoms with Crippen LogP contribution < -0.4 is 19.8 Å². The lowest BCUT2D eigenvalue weighted by Crippen LogP contribution is -2.55. The monoisotopic (exact) mass is 499 g/mol. The fraction of sp³-hybridized carbons (Fsp3) is 0.214. The van der Waals surface area contributed by atoms with Crippen molar-refractivity contribution in [2.45, 2.75) is 31.7 Å². The molecule has 2 aliphatic rings. The van der Waals surface area contributed by atoms with Crippen molar-refractivity contribution in [3.63, 3.8) is 0 Å². The maximum absolute atomic E-state index is 13.7. The first-order valence-electron chi connectivity index (χ1n) is 12.0. The number of hydrogen-bond donors (Lipinski definition) is 1. The molecule has 0 aromatic heterocycles. The predicted molar refractivity (Wildman–Crippen MR) is 133 cm³/mol. The van der Waals surface area contributed by atoms with E-state index in [0.29, 0.717) is 17.2 Å². The normalized spacial score (nSPS) is 16.3. The SMILES string of the molecule is CCC(=O)N(NC(=O)C(c1ccccc1)c1ccccc1)C1CC(=O)N(c2ccc3c(c2)OCO3)C1=O. The summed E-state index contributed by atoms with van der Waals surface area (Å²) < 4.78 is 10.7. The molecule has 2 aliphatic heterocycles. The summed E-state index contributed by atoms with van der Waals surface area (Å²) in [5.74, 6) is -1.85. The minimum absolute atomic E-state index is 0.0314. The number of benzene rings is 3. The maximum Gasteiger partial charge on any atom is 0.259 e. The zero-order chi connectivity index (χ0) is 25.9. The van der Waals surface area contributed by atoms with E-state index in [1.54, 1.807) is 25.1 Å². The summed E-state index contributed by atoms with van der Waals surface area (Å²) in [5.41, 5.74) is 4.44. The maximum atomic E-state index is 13.7. The molecule has 1 saturated heterocycles. The number of nitrogens with one attached hydrogen (secondary N) is 1. The van der Waals surface area contributed by atoms with Crippen LogP contribution in [0.15, 0.2) is 78.9 Å². The number of rotatable bonds is 6. The number of carbonyl (C=O) groups excluding carboxylic acids is 4. The van der Waals surface area contributed by atoms with Gasteiger partial charge in [0.05, 0.1) is 18.0 Å². The third kappa shape index (κ3) is 4.63. The standard InChI is InChI=1S/C28H25N3O6/c1-2-24(32)31(29-27(34)26(18-9-5-3-6-10-18)19-11-7-4-8-12-19)21-16-25(33)30(28(21)35)20-13-14-22-23(15-20)37-17-36-22/h3-15,21,26H,2,16-17H2,1H3,(H,29,34). The van der Waals surface area contributed by atoms with Gasteiger partial charge in [-0.3, -0.25) is 24.6 Å². The van der Waals surface area contributed by atoms with E-state index in [1.165, 1.54) is 0 Å². The quantitative estimate of drug-likeness (QED) is 0.413. The summed E-state index contributed by atoms with van der Waals surface area (Å²) in [6, 6.07) is 21.9. The Labute approximate surface area is 213 Å². The highest BCUT2D eigenvalue weighted by atomic mass is 16.7. The lowest BCUT2D eigenvalue weighted by Gasteiger charge is -2.29. The number of imide groups is 1. The molecule has 9 nitrogen and oxygen atoms in total. The Morgan fingerprint density at radius 2 is 1.57 bits per heavy atom. The zero-order valence-corrected chi connectivity index (χ0v) is 20.1. The predicted octanol–water partition coefficient (Wildman–Crippen LogP) is 3.15. The van der Waals surface area contributed by atoms with Gasteiger partial charge in [-0.05, 0) is 23.3 Å². The van der Waals surface area contributed by atoms with Gasteiger partial charge in [-0.1, -0.05) is 67.6 Å². The number of carbonyl (C=O) groups is 4. The van der Waals surface area contributed by atoms with Crippen molar-refractivity contribution in [1.29, 1.82) is 0 Å². The molecule has 1 atom stereocenters. The van der Waals surface area contributed by atoms with Crippen molar-refractivity contribution in [3.05, 3.63) is 90.0 Å². The summed E-state index contributed by atoms with van der Waals surface area (Å²) in [6.45, 7) is 1.68. The average Bonchev–Trinajstić information content (AvgIpc) is 3.51. The number of hydrogen-bond acceptors (Lipinski definition) is 6. The molecule has 37 heavy (non-hydrogen) atoms. The molecule has 3 aromatic carbocycles. The molecule has 9 heteroatoms. The molecule has 1 fully saturated rings. The van der Waals surface area contributed by atoms with E-state index in [1.807, 2.05) is 60.7 Å². The number of amides is 4. The van der Waals surface area contributed by atoms with Crippen LogP contribution in [0.1, 0.15) is 36.8 Å². The molecule has 3 aromatic rings. The minimum atomic E-state index is -1.18. The first kappa shape index (κ1) is 24.1. The summed E-state index contributed by atoms with van der Waals surface area (Å²) in [4.78, 5) is 54.1. The number of nitrogens with zero attached hydrogens (tertiary/aromatic N) is 2. The fourth-order valence-corrected chi connectivity index (χ4v) is 4.57. The highest BCUT2D eigenvalue weighted by Crippen LogP contribution is 2.37. The Morgan fingerprint density at radius 1 is 0.946 bits per heavy atom. The highest BCUT2D eigenvalue weighted by molar-refractivity contribution is 6.23. The Balaban J connectivity index is 1.43. The average molecular weight is 500 g/mol. The van der Waals surface area contributed by atoms with E-state index in [9.17, 15) is 19.2 Å². The van der Waals surface area contributed by atoms with Crippen LogP contribution in [0.5, 0.6) is 11.5 Å². The Morgan fingerprint density at radius 3 is 2.19 bits per heavy atom. The van der Waals surface area contributed by atoms with Gasteiger partial charge in [0.1, 0.15) is 6.04 Å². The van der Waals surface area contributed by atoms with E-state index >= 15 is 0 Å². The van der Waals surface area contributed by atoms with Crippen LogP contribution in [0.4, 0.5) is 5.69 Å². The molecule has 1 N–H and O–H groups in total. The molecular weight excluding hydrogens is 474 g/mol. The van der Waals surface area contributed by atoms with E-state index in [2.05, 4.69) is 5.43 Å². The first-order chi connectivity index (χ1) is 18.0. The summed E-state index contributed by atoms with van der Waals surface area (Å²) >= 11 is 0. The van der Waals surface area contributed by atoms with Crippen LogP contribution >= 0.6 is 0 Å². The lowest BCUT2D eigenvalue weighted by molar-refractivity contribution is -0.147. The van der Waals surface area contributed by atoms with Gasteiger partial charge in [0.25, 0.3) is 11.8 Å².